The third kappa shape index (κ3) is 8.61. The molecule has 0 aliphatic heterocycles. The summed E-state index contributed by atoms with van der Waals surface area (Å²) in [5.74, 6) is -1.66. The molecule has 0 aliphatic carbocycles. The zero-order valence-electron chi connectivity index (χ0n) is 17.6. The number of benzene rings is 2. The summed E-state index contributed by atoms with van der Waals surface area (Å²) >= 11 is 0. The third-order valence-electron chi connectivity index (χ3n) is 3.68. The number of carboxylic acids is 1. The minimum absolute atomic E-state index is 0. The summed E-state index contributed by atoms with van der Waals surface area (Å²) in [6, 6.07) is 8.96. The van der Waals surface area contributed by atoms with Crippen molar-refractivity contribution in [3.05, 3.63) is 60.4 Å². The molecule has 0 amide bonds. The Morgan fingerprint density at radius 1 is 0.788 bits per heavy atom. The summed E-state index contributed by atoms with van der Waals surface area (Å²) in [4.78, 5) is 10.4. The molecule has 0 fully saturated rings. The van der Waals surface area contributed by atoms with Crippen molar-refractivity contribution >= 4 is 37.6 Å². The van der Waals surface area contributed by atoms with Crippen LogP contribution in [0, 0.1) is 0 Å². The number of carbonyl (C=O) groups excluding carboxylic acids is 1. The molecule has 0 unspecified atom stereocenters. The minimum Gasteiger partial charge on any atom is -0.744 e. The van der Waals surface area contributed by atoms with Gasteiger partial charge in [-0.05, 0) is 48.5 Å². The van der Waals surface area contributed by atoms with Crippen LogP contribution in [0.25, 0.3) is 5.69 Å². The van der Waals surface area contributed by atoms with Gasteiger partial charge in [0.1, 0.15) is 31.6 Å². The van der Waals surface area contributed by atoms with E-state index in [1.807, 2.05) is 0 Å². The molecule has 0 aliphatic rings. The first-order valence-electron chi connectivity index (χ1n) is 7.80. The van der Waals surface area contributed by atoms with Gasteiger partial charge in [-0.1, -0.05) is 0 Å². The maximum atomic E-state index is 11.3. The van der Waals surface area contributed by atoms with Gasteiger partial charge in [0, 0.05) is 0 Å². The van der Waals surface area contributed by atoms with Crippen molar-refractivity contribution in [3.8, 4) is 5.69 Å². The van der Waals surface area contributed by atoms with Gasteiger partial charge in [-0.2, -0.15) is 10.2 Å². The van der Waals surface area contributed by atoms with Gasteiger partial charge in [-0.3, -0.25) is 0 Å². The van der Waals surface area contributed by atoms with Gasteiger partial charge in [-0.25, -0.2) is 21.5 Å². The molecule has 3 aromatic rings. The van der Waals surface area contributed by atoms with E-state index in [0.717, 1.165) is 28.9 Å². The molecule has 12 nitrogen and oxygen atoms in total. The van der Waals surface area contributed by atoms with E-state index in [4.69, 9.17) is 0 Å². The molecule has 0 spiro atoms. The summed E-state index contributed by atoms with van der Waals surface area (Å²) < 4.78 is 66.7. The van der Waals surface area contributed by atoms with E-state index in [1.165, 1.54) is 30.5 Å². The van der Waals surface area contributed by atoms with Gasteiger partial charge in [0.25, 0.3) is 0 Å². The van der Waals surface area contributed by atoms with E-state index in [-0.39, 0.29) is 106 Å². The molecule has 0 saturated carbocycles. The Kier molecular flexibility index (Phi) is 12.8. The number of carboxylic acid groups (broad SMARTS) is 1. The normalized spacial score (nSPS) is 11.2. The average molecular weight is 518 g/mol. The third-order valence-corrected chi connectivity index (χ3v) is 5.38. The average Bonchev–Trinajstić information content (AvgIpc) is 3.10. The molecule has 0 atom stereocenters. The fourth-order valence-corrected chi connectivity index (χ4v) is 3.21. The number of rotatable bonds is 6. The fourth-order valence-electron chi connectivity index (χ4n) is 2.27. The Hall–Kier alpha value is -0.460. The second-order valence-electron chi connectivity index (χ2n) is 5.69. The van der Waals surface area contributed by atoms with Crippen molar-refractivity contribution < 1.29 is 125 Å². The SMILES string of the molecule is O=C([O-])c1nn(-c2ccc(S(=O)(=O)[O-])cc2)cc1N=Nc1ccc(S(=O)(=O)[O-])cc1.[Na+].[Na+].[Na+]. The summed E-state index contributed by atoms with van der Waals surface area (Å²) in [7, 11) is -9.27. The van der Waals surface area contributed by atoms with Crippen molar-refractivity contribution in [2.45, 2.75) is 9.79 Å². The predicted molar refractivity (Wildman–Crippen MR) is 94.4 cm³/mol. The Morgan fingerprint density at radius 2 is 1.24 bits per heavy atom. The van der Waals surface area contributed by atoms with E-state index >= 15 is 0 Å². The van der Waals surface area contributed by atoms with Gasteiger partial charge >= 0.3 is 88.7 Å². The fraction of sp³-hybridized carbons (Fsp3) is 0. The van der Waals surface area contributed by atoms with E-state index in [1.54, 1.807) is 0 Å². The first-order valence-corrected chi connectivity index (χ1v) is 10.6. The number of aromatic nitrogens is 2. The molecule has 156 valence electrons. The molecular weight excluding hydrogens is 509 g/mol. The van der Waals surface area contributed by atoms with Crippen LogP contribution in [0.5, 0.6) is 0 Å². The van der Waals surface area contributed by atoms with Gasteiger partial charge in [0.05, 0.1) is 33.3 Å². The summed E-state index contributed by atoms with van der Waals surface area (Å²) in [6.45, 7) is 0. The van der Waals surface area contributed by atoms with E-state index in [2.05, 4.69) is 15.3 Å². The topological polar surface area (TPSA) is 197 Å². The molecule has 0 bridgehead atoms. The van der Waals surface area contributed by atoms with Gasteiger partial charge in [-0.15, -0.1) is 5.11 Å². The van der Waals surface area contributed by atoms with Gasteiger partial charge in [0.2, 0.25) is 0 Å². The second-order valence-corrected chi connectivity index (χ2v) is 8.45. The smallest absolute Gasteiger partial charge is 0.744 e. The Bertz CT molecular complexity index is 1360. The molecular formula is C16H9N4Na3O8S2. The largest absolute Gasteiger partial charge is 1.00 e. The van der Waals surface area contributed by atoms with Crippen LogP contribution in [-0.2, 0) is 20.2 Å². The monoisotopic (exact) mass is 518 g/mol. The molecule has 0 saturated heterocycles. The van der Waals surface area contributed by atoms with Crippen LogP contribution in [0.2, 0.25) is 0 Å². The zero-order chi connectivity index (χ0) is 22.1. The Labute approximate surface area is 254 Å². The number of azo groups is 1. The van der Waals surface area contributed by atoms with Crippen LogP contribution < -0.4 is 93.8 Å². The van der Waals surface area contributed by atoms with Crippen molar-refractivity contribution in [3.63, 3.8) is 0 Å². The number of aromatic carboxylic acids is 1. The molecule has 17 heteroatoms. The first kappa shape index (κ1) is 32.5. The second kappa shape index (κ2) is 13.0. The standard InChI is InChI=1S/C16H12N4O8S2.3Na/c21-16(22)15-14(18-17-10-1-5-12(6-2-10)29(23,24)25)9-20(19-15)11-3-7-13(8-4-11)30(26,27)28;;;/h1-9H,(H,21,22)(H,23,24,25)(H,26,27,28);;;/q;3*+1/p-3. The molecule has 0 N–H and O–H groups in total. The van der Waals surface area contributed by atoms with Crippen LogP contribution in [0.3, 0.4) is 0 Å². The van der Waals surface area contributed by atoms with Gasteiger partial charge in [0.15, 0.2) is 0 Å². The van der Waals surface area contributed by atoms with Crippen molar-refractivity contribution in [1.29, 1.82) is 0 Å². The molecule has 0 radical (unpaired) electrons. The quantitative estimate of drug-likeness (QED) is 0.173. The summed E-state index contributed by atoms with van der Waals surface area (Å²) in [6.07, 6.45) is 1.17. The van der Waals surface area contributed by atoms with Crippen molar-refractivity contribution in [2.75, 3.05) is 0 Å². The van der Waals surface area contributed by atoms with Crippen LogP contribution in [-0.4, -0.2) is 41.7 Å². The number of hydrogen-bond donors (Lipinski definition) is 0. The van der Waals surface area contributed by atoms with Crippen LogP contribution in [0.1, 0.15) is 10.5 Å². The Balaban J connectivity index is 0.00000341. The molecule has 3 rings (SSSR count). The van der Waals surface area contributed by atoms with E-state index < -0.39 is 41.7 Å². The van der Waals surface area contributed by atoms with Crippen LogP contribution >= 0.6 is 0 Å². The predicted octanol–water partition coefficient (Wildman–Crippen LogP) is -8.53. The van der Waals surface area contributed by atoms with Crippen LogP contribution in [0.15, 0.2) is 74.7 Å². The first-order chi connectivity index (χ1) is 13.9. The van der Waals surface area contributed by atoms with Crippen LogP contribution in [0.4, 0.5) is 11.4 Å². The number of carbonyl (C=O) groups is 1. The zero-order valence-corrected chi connectivity index (χ0v) is 25.2. The molecule has 33 heavy (non-hydrogen) atoms. The van der Waals surface area contributed by atoms with Gasteiger partial charge < -0.3 is 19.0 Å². The minimum atomic E-state index is -4.64. The maximum absolute atomic E-state index is 11.3. The Morgan fingerprint density at radius 3 is 1.67 bits per heavy atom. The summed E-state index contributed by atoms with van der Waals surface area (Å²) in [5, 5.41) is 22.6. The van der Waals surface area contributed by atoms with E-state index in [0.29, 0.717) is 0 Å². The van der Waals surface area contributed by atoms with E-state index in [9.17, 15) is 35.8 Å². The molecule has 2 aromatic carbocycles. The number of hydrogen-bond acceptors (Lipinski definition) is 11. The molecule has 1 aromatic heterocycles. The van der Waals surface area contributed by atoms with Crippen molar-refractivity contribution in [1.82, 2.24) is 9.78 Å². The molecule has 1 heterocycles. The summed E-state index contributed by atoms with van der Waals surface area (Å²) in [5.41, 5.74) is -0.421. The van der Waals surface area contributed by atoms with Crippen molar-refractivity contribution in [2.24, 2.45) is 10.2 Å². The maximum Gasteiger partial charge on any atom is 1.00 e. The number of nitrogens with zero attached hydrogens (tertiary/aromatic N) is 4.